The molecule has 0 aromatic carbocycles. The number of esters is 2. The van der Waals surface area contributed by atoms with Gasteiger partial charge in [0.15, 0.2) is 0 Å². The van der Waals surface area contributed by atoms with Crippen molar-refractivity contribution in [2.75, 3.05) is 13.2 Å². The van der Waals surface area contributed by atoms with Crippen molar-refractivity contribution in [2.45, 2.75) is 41.5 Å². The highest BCUT2D eigenvalue weighted by Gasteiger charge is 2.27. The van der Waals surface area contributed by atoms with Crippen LogP contribution in [-0.4, -0.2) is 25.2 Å². The van der Waals surface area contributed by atoms with Crippen LogP contribution in [0.2, 0.25) is 0 Å². The number of hydrogen-bond acceptors (Lipinski definition) is 4. The molecule has 0 spiro atoms. The van der Waals surface area contributed by atoms with Gasteiger partial charge in [0.1, 0.15) is 0 Å². The van der Waals surface area contributed by atoms with E-state index in [0.717, 1.165) is 0 Å². The molecule has 0 aliphatic carbocycles. The molecule has 0 atom stereocenters. The van der Waals surface area contributed by atoms with Crippen molar-refractivity contribution in [1.29, 1.82) is 0 Å². The molecule has 0 saturated carbocycles. The first-order valence-corrected chi connectivity index (χ1v) is 5.95. The Labute approximate surface area is 109 Å². The molecular weight excluding hydrogens is 232 g/mol. The van der Waals surface area contributed by atoms with E-state index in [2.05, 4.69) is 6.58 Å². The summed E-state index contributed by atoms with van der Waals surface area (Å²) in [6, 6.07) is 0. The van der Waals surface area contributed by atoms with E-state index in [1.54, 1.807) is 27.7 Å². The molecule has 18 heavy (non-hydrogen) atoms. The van der Waals surface area contributed by atoms with Crippen LogP contribution in [0.3, 0.4) is 0 Å². The normalized spacial score (nSPS) is 11.9. The molecule has 0 heterocycles. The van der Waals surface area contributed by atoms with E-state index in [0.29, 0.717) is 5.57 Å². The zero-order valence-electron chi connectivity index (χ0n) is 12.3. The summed E-state index contributed by atoms with van der Waals surface area (Å²) in [5.74, 6) is -0.688. The molecule has 0 amide bonds. The molecule has 0 fully saturated rings. The highest BCUT2D eigenvalue weighted by atomic mass is 16.5. The van der Waals surface area contributed by atoms with Gasteiger partial charge in [-0.1, -0.05) is 20.4 Å². The zero-order chi connectivity index (χ0) is 14.6. The second-order valence-corrected chi connectivity index (χ2v) is 6.35. The monoisotopic (exact) mass is 256 g/mol. The van der Waals surface area contributed by atoms with Gasteiger partial charge >= 0.3 is 11.9 Å². The van der Waals surface area contributed by atoms with Gasteiger partial charge in [0.25, 0.3) is 0 Å². The zero-order valence-corrected chi connectivity index (χ0v) is 12.3. The van der Waals surface area contributed by atoms with Crippen LogP contribution in [0.1, 0.15) is 41.5 Å². The molecule has 104 valence electrons. The van der Waals surface area contributed by atoms with Crippen LogP contribution in [0.15, 0.2) is 12.2 Å². The van der Waals surface area contributed by atoms with E-state index in [-0.39, 0.29) is 19.2 Å². The molecule has 0 aromatic rings. The minimum absolute atomic E-state index is 0.191. The summed E-state index contributed by atoms with van der Waals surface area (Å²) in [4.78, 5) is 22.9. The third-order valence-corrected chi connectivity index (χ3v) is 2.15. The summed E-state index contributed by atoms with van der Waals surface area (Å²) >= 11 is 0. The van der Waals surface area contributed by atoms with Crippen LogP contribution < -0.4 is 0 Å². The number of carbonyl (C=O) groups excluding carboxylic acids is 2. The summed E-state index contributed by atoms with van der Waals surface area (Å²) in [7, 11) is 0. The molecule has 4 heteroatoms. The van der Waals surface area contributed by atoms with Crippen LogP contribution >= 0.6 is 0 Å². The molecule has 0 bridgehead atoms. The minimum atomic E-state index is -0.523. The highest BCUT2D eigenvalue weighted by Crippen LogP contribution is 2.21. The fourth-order valence-electron chi connectivity index (χ4n) is 0.903. The van der Waals surface area contributed by atoms with Crippen molar-refractivity contribution in [3.8, 4) is 0 Å². The maximum atomic E-state index is 11.6. The Kier molecular flexibility index (Phi) is 5.58. The van der Waals surface area contributed by atoms with Gasteiger partial charge in [-0.05, 0) is 27.7 Å². The molecule has 0 N–H and O–H groups in total. The number of carbonyl (C=O) groups is 2. The molecule has 0 rings (SSSR count). The van der Waals surface area contributed by atoms with Crippen molar-refractivity contribution in [1.82, 2.24) is 0 Å². The Bertz CT molecular complexity index is 334. The minimum Gasteiger partial charge on any atom is -0.465 e. The fourth-order valence-corrected chi connectivity index (χ4v) is 0.903. The molecule has 0 radical (unpaired) electrons. The van der Waals surface area contributed by atoms with E-state index < -0.39 is 16.8 Å². The topological polar surface area (TPSA) is 52.6 Å². The van der Waals surface area contributed by atoms with Gasteiger partial charge in [0.2, 0.25) is 0 Å². The van der Waals surface area contributed by atoms with E-state index >= 15 is 0 Å². The van der Waals surface area contributed by atoms with Crippen molar-refractivity contribution in [3.63, 3.8) is 0 Å². The quantitative estimate of drug-likeness (QED) is 0.560. The van der Waals surface area contributed by atoms with E-state index in [9.17, 15) is 9.59 Å². The van der Waals surface area contributed by atoms with Crippen LogP contribution in [0.4, 0.5) is 0 Å². The number of rotatable bonds is 5. The Balaban J connectivity index is 4.20. The number of ether oxygens (including phenoxy) is 2. The Morgan fingerprint density at radius 3 is 1.83 bits per heavy atom. The predicted octanol–water partition coefficient (Wildman–Crippen LogP) is 2.72. The van der Waals surface area contributed by atoms with Gasteiger partial charge < -0.3 is 9.47 Å². The van der Waals surface area contributed by atoms with Crippen molar-refractivity contribution < 1.29 is 19.1 Å². The maximum Gasteiger partial charge on any atom is 0.333 e. The lowest BCUT2D eigenvalue weighted by atomic mass is 9.95. The second kappa shape index (κ2) is 6.03. The lowest BCUT2D eigenvalue weighted by molar-refractivity contribution is -0.158. The van der Waals surface area contributed by atoms with E-state index in [1.165, 1.54) is 0 Å². The predicted molar refractivity (Wildman–Crippen MR) is 70.0 cm³/mol. The summed E-state index contributed by atoms with van der Waals surface area (Å²) in [5, 5.41) is 0. The Morgan fingerprint density at radius 2 is 1.44 bits per heavy atom. The molecule has 0 saturated heterocycles. The molecular formula is C14H24O4. The molecule has 4 nitrogen and oxygen atoms in total. The third-order valence-electron chi connectivity index (χ3n) is 2.15. The average Bonchev–Trinajstić information content (AvgIpc) is 2.21. The average molecular weight is 256 g/mol. The standard InChI is InChI=1S/C14H24O4/c1-10(2)11(15)17-8-14(6,7)9-18-12(16)13(3,4)5/h1,8-9H2,2-7H3. The molecule has 0 aliphatic heterocycles. The van der Waals surface area contributed by atoms with Gasteiger partial charge in [-0.3, -0.25) is 4.79 Å². The van der Waals surface area contributed by atoms with Gasteiger partial charge in [0, 0.05) is 11.0 Å². The lowest BCUT2D eigenvalue weighted by Gasteiger charge is -2.26. The first-order valence-electron chi connectivity index (χ1n) is 5.95. The smallest absolute Gasteiger partial charge is 0.333 e. The number of hydrogen-bond donors (Lipinski definition) is 0. The SMILES string of the molecule is C=C(C)C(=O)OCC(C)(C)COC(=O)C(C)(C)C. The van der Waals surface area contributed by atoms with Gasteiger partial charge in [-0.25, -0.2) is 4.79 Å². The molecule has 0 aromatic heterocycles. The highest BCUT2D eigenvalue weighted by molar-refractivity contribution is 5.86. The maximum absolute atomic E-state index is 11.6. The van der Waals surface area contributed by atoms with Crippen LogP contribution in [-0.2, 0) is 19.1 Å². The van der Waals surface area contributed by atoms with Crippen LogP contribution in [0.5, 0.6) is 0 Å². The third kappa shape index (κ3) is 6.42. The summed E-state index contributed by atoms with van der Waals surface area (Å²) in [6.45, 7) is 14.6. The molecule has 0 unspecified atom stereocenters. The van der Waals surface area contributed by atoms with Crippen molar-refractivity contribution in [2.24, 2.45) is 10.8 Å². The van der Waals surface area contributed by atoms with Gasteiger partial charge in [0.05, 0.1) is 18.6 Å². The second-order valence-electron chi connectivity index (χ2n) is 6.35. The van der Waals surface area contributed by atoms with Crippen molar-refractivity contribution in [3.05, 3.63) is 12.2 Å². The largest absolute Gasteiger partial charge is 0.465 e. The summed E-state index contributed by atoms with van der Waals surface area (Å²) in [5.41, 5.74) is -0.575. The first-order chi connectivity index (χ1) is 7.96. The van der Waals surface area contributed by atoms with Crippen LogP contribution in [0, 0.1) is 10.8 Å². The molecule has 0 aliphatic rings. The summed E-state index contributed by atoms with van der Waals surface area (Å²) < 4.78 is 10.3. The Morgan fingerprint density at radius 1 is 1.00 bits per heavy atom. The van der Waals surface area contributed by atoms with E-state index in [4.69, 9.17) is 9.47 Å². The summed E-state index contributed by atoms with van der Waals surface area (Å²) in [6.07, 6.45) is 0. The lowest BCUT2D eigenvalue weighted by Crippen LogP contribution is -2.32. The van der Waals surface area contributed by atoms with Gasteiger partial charge in [-0.2, -0.15) is 0 Å². The van der Waals surface area contributed by atoms with Gasteiger partial charge in [-0.15, -0.1) is 0 Å². The fraction of sp³-hybridized carbons (Fsp3) is 0.714. The van der Waals surface area contributed by atoms with E-state index in [1.807, 2.05) is 13.8 Å². The van der Waals surface area contributed by atoms with Crippen LogP contribution in [0.25, 0.3) is 0 Å². The van der Waals surface area contributed by atoms with Crippen molar-refractivity contribution >= 4 is 11.9 Å². The Hall–Kier alpha value is -1.32. The first kappa shape index (κ1) is 16.7.